The Bertz CT molecular complexity index is 925. The highest BCUT2D eigenvalue weighted by atomic mass is 32.2. The van der Waals surface area contributed by atoms with Gasteiger partial charge in [-0.15, -0.1) is 0 Å². The summed E-state index contributed by atoms with van der Waals surface area (Å²) in [6.45, 7) is 12.9. The number of amides is 2. The van der Waals surface area contributed by atoms with Crippen molar-refractivity contribution in [2.24, 2.45) is 0 Å². The van der Waals surface area contributed by atoms with Gasteiger partial charge in [0.05, 0.1) is 170 Å². The molecule has 1 atom stereocenters. The van der Waals surface area contributed by atoms with Crippen LogP contribution in [0.4, 0.5) is 0 Å². The SMILES string of the molecule is CSC(CC(=O)O)C(=O)NCCC(=O)NCCOCCOCCOCCOCCOCCOCCOCCOCCOCCOCCOCCOCCC(C)=O. The van der Waals surface area contributed by atoms with E-state index in [0.29, 0.717) is 172 Å². The third-order valence-corrected chi connectivity index (χ3v) is 7.80. The molecule has 19 nitrogen and oxygen atoms in total. The van der Waals surface area contributed by atoms with Crippen LogP contribution in [0.25, 0.3) is 0 Å². The van der Waals surface area contributed by atoms with Crippen molar-refractivity contribution in [3.8, 4) is 0 Å². The lowest BCUT2D eigenvalue weighted by Crippen LogP contribution is -2.37. The molecule has 3 N–H and O–H groups in total. The van der Waals surface area contributed by atoms with Crippen LogP contribution in [0.15, 0.2) is 0 Å². The molecule has 0 bridgehead atoms. The molecule has 0 heterocycles. The highest BCUT2D eigenvalue weighted by molar-refractivity contribution is 7.99. The van der Waals surface area contributed by atoms with E-state index in [1.807, 2.05) is 0 Å². The number of nitrogens with one attached hydrogen (secondary N) is 2. The van der Waals surface area contributed by atoms with Gasteiger partial charge in [-0.2, -0.15) is 11.8 Å². The molecular formula is C36H68N2O17S. The van der Waals surface area contributed by atoms with Crippen molar-refractivity contribution in [1.82, 2.24) is 10.6 Å². The molecule has 0 rings (SSSR count). The number of rotatable bonds is 46. The number of thioether (sulfide) groups is 1. The van der Waals surface area contributed by atoms with E-state index in [1.165, 1.54) is 0 Å². The molecule has 0 saturated carbocycles. The molecule has 330 valence electrons. The van der Waals surface area contributed by atoms with Crippen LogP contribution in [0.5, 0.6) is 0 Å². The maximum absolute atomic E-state index is 11.9. The molecule has 0 aromatic rings. The van der Waals surface area contributed by atoms with Crippen molar-refractivity contribution in [2.75, 3.05) is 178 Å². The van der Waals surface area contributed by atoms with Crippen molar-refractivity contribution < 1.29 is 81.1 Å². The quantitative estimate of drug-likeness (QED) is 0.0687. The van der Waals surface area contributed by atoms with E-state index in [1.54, 1.807) is 13.2 Å². The van der Waals surface area contributed by atoms with E-state index in [-0.39, 0.29) is 31.1 Å². The third-order valence-electron chi connectivity index (χ3n) is 6.85. The fourth-order valence-corrected chi connectivity index (χ4v) is 4.55. The fraction of sp³-hybridized carbons (Fsp3) is 0.889. The Labute approximate surface area is 336 Å². The molecule has 0 radical (unpaired) electrons. The van der Waals surface area contributed by atoms with Gasteiger partial charge in [0.2, 0.25) is 11.8 Å². The van der Waals surface area contributed by atoms with E-state index in [9.17, 15) is 19.2 Å². The first-order valence-electron chi connectivity index (χ1n) is 19.1. The molecule has 0 aliphatic heterocycles. The molecule has 1 unspecified atom stereocenters. The van der Waals surface area contributed by atoms with Crippen LogP contribution in [0.3, 0.4) is 0 Å². The van der Waals surface area contributed by atoms with Crippen LogP contribution < -0.4 is 10.6 Å². The van der Waals surface area contributed by atoms with Gasteiger partial charge in [-0.25, -0.2) is 0 Å². The summed E-state index contributed by atoms with van der Waals surface area (Å²) in [6.07, 6.45) is 1.92. The Morgan fingerprint density at radius 1 is 0.446 bits per heavy atom. The van der Waals surface area contributed by atoms with Gasteiger partial charge in [-0.3, -0.25) is 19.2 Å². The molecule has 20 heteroatoms. The van der Waals surface area contributed by atoms with Gasteiger partial charge < -0.3 is 72.6 Å². The van der Waals surface area contributed by atoms with E-state index in [4.69, 9.17) is 61.9 Å². The van der Waals surface area contributed by atoms with E-state index in [0.717, 1.165) is 11.8 Å². The van der Waals surface area contributed by atoms with Crippen molar-refractivity contribution in [1.29, 1.82) is 0 Å². The van der Waals surface area contributed by atoms with Gasteiger partial charge in [0.1, 0.15) is 5.78 Å². The maximum atomic E-state index is 11.9. The van der Waals surface area contributed by atoms with Gasteiger partial charge in [0.25, 0.3) is 0 Å². The Balaban J connectivity index is 3.19. The molecular weight excluding hydrogens is 764 g/mol. The van der Waals surface area contributed by atoms with Crippen LogP contribution in [-0.2, 0) is 76.0 Å². The largest absolute Gasteiger partial charge is 0.481 e. The minimum Gasteiger partial charge on any atom is -0.481 e. The number of carbonyl (C=O) groups is 4. The smallest absolute Gasteiger partial charge is 0.305 e. The summed E-state index contributed by atoms with van der Waals surface area (Å²) in [6, 6.07) is 0. The Hall–Kier alpha value is -2.05. The minimum atomic E-state index is -1.05. The summed E-state index contributed by atoms with van der Waals surface area (Å²) in [5.74, 6) is -1.56. The zero-order valence-electron chi connectivity index (χ0n) is 33.5. The molecule has 0 saturated heterocycles. The van der Waals surface area contributed by atoms with Crippen molar-refractivity contribution in [3.05, 3.63) is 0 Å². The van der Waals surface area contributed by atoms with Crippen molar-refractivity contribution >= 4 is 35.3 Å². The summed E-state index contributed by atoms with van der Waals surface area (Å²) in [5, 5.41) is 13.4. The summed E-state index contributed by atoms with van der Waals surface area (Å²) in [4.78, 5) is 45.3. The summed E-state index contributed by atoms with van der Waals surface area (Å²) in [5.41, 5.74) is 0. The van der Waals surface area contributed by atoms with Crippen LogP contribution >= 0.6 is 11.8 Å². The standard InChI is InChI=1S/C36H68N2O17S/c1-32(39)4-7-44-9-11-46-13-15-48-17-19-50-21-23-52-25-27-54-29-30-55-28-26-53-24-22-51-20-18-49-16-14-47-12-10-45-8-6-37-34(40)3-5-38-36(43)33(56-2)31-35(41)42/h33H,3-31H2,1-2H3,(H,37,40)(H,38,43)(H,41,42). The number of ketones is 1. The Kier molecular flexibility index (Phi) is 42.4. The van der Waals surface area contributed by atoms with Crippen LogP contribution in [0.1, 0.15) is 26.2 Å². The predicted octanol–water partition coefficient (Wildman–Crippen LogP) is -0.00650. The van der Waals surface area contributed by atoms with E-state index in [2.05, 4.69) is 10.6 Å². The Morgan fingerprint density at radius 3 is 1.04 bits per heavy atom. The Morgan fingerprint density at radius 2 is 0.750 bits per heavy atom. The topological polar surface area (TPSA) is 223 Å². The number of hydrogen-bond acceptors (Lipinski definition) is 17. The number of carbonyl (C=O) groups excluding carboxylic acids is 3. The first-order valence-corrected chi connectivity index (χ1v) is 20.4. The van der Waals surface area contributed by atoms with Gasteiger partial charge in [0.15, 0.2) is 0 Å². The second-order valence-electron chi connectivity index (χ2n) is 11.5. The number of ether oxygens (including phenoxy) is 12. The molecule has 0 spiro atoms. The predicted molar refractivity (Wildman–Crippen MR) is 205 cm³/mol. The summed E-state index contributed by atoms with van der Waals surface area (Å²) >= 11 is 1.15. The van der Waals surface area contributed by atoms with Crippen LogP contribution in [0.2, 0.25) is 0 Å². The first kappa shape index (κ1) is 53.9. The lowest BCUT2D eigenvalue weighted by Gasteiger charge is -2.12. The monoisotopic (exact) mass is 832 g/mol. The molecule has 0 fully saturated rings. The molecule has 0 aliphatic carbocycles. The molecule has 0 aromatic carbocycles. The first-order chi connectivity index (χ1) is 27.4. The highest BCUT2D eigenvalue weighted by Crippen LogP contribution is 2.10. The number of carboxylic acid groups (broad SMARTS) is 1. The number of hydrogen-bond donors (Lipinski definition) is 3. The molecule has 0 aliphatic rings. The second kappa shape index (κ2) is 44.1. The average Bonchev–Trinajstić information content (AvgIpc) is 3.17. The summed E-state index contributed by atoms with van der Waals surface area (Å²) < 4.78 is 65.2. The van der Waals surface area contributed by atoms with Gasteiger partial charge in [-0.1, -0.05) is 0 Å². The normalized spacial score (nSPS) is 11.8. The highest BCUT2D eigenvalue weighted by Gasteiger charge is 2.20. The number of aliphatic carboxylic acids is 1. The lowest BCUT2D eigenvalue weighted by molar-refractivity contribution is -0.138. The summed E-state index contributed by atoms with van der Waals surface area (Å²) in [7, 11) is 0. The zero-order chi connectivity index (χ0) is 41.0. The van der Waals surface area contributed by atoms with Gasteiger partial charge in [0, 0.05) is 25.9 Å². The molecule has 56 heavy (non-hydrogen) atoms. The van der Waals surface area contributed by atoms with Crippen LogP contribution in [0, 0.1) is 0 Å². The van der Waals surface area contributed by atoms with Crippen molar-refractivity contribution in [2.45, 2.75) is 31.4 Å². The number of Topliss-reactive ketones (excluding diaryl/α,β-unsaturated/α-hetero) is 1. The van der Waals surface area contributed by atoms with E-state index < -0.39 is 17.1 Å². The van der Waals surface area contributed by atoms with Crippen LogP contribution in [-0.4, -0.2) is 212 Å². The average molecular weight is 833 g/mol. The fourth-order valence-electron chi connectivity index (χ4n) is 3.94. The third kappa shape index (κ3) is 43.1. The second-order valence-corrected chi connectivity index (χ2v) is 12.6. The van der Waals surface area contributed by atoms with Gasteiger partial charge in [-0.05, 0) is 13.2 Å². The maximum Gasteiger partial charge on any atom is 0.305 e. The minimum absolute atomic E-state index is 0.0919. The van der Waals surface area contributed by atoms with Gasteiger partial charge >= 0.3 is 5.97 Å². The number of carboxylic acids is 1. The molecule has 2 amide bonds. The van der Waals surface area contributed by atoms with Crippen molar-refractivity contribution in [3.63, 3.8) is 0 Å². The van der Waals surface area contributed by atoms with E-state index >= 15 is 0 Å². The zero-order valence-corrected chi connectivity index (χ0v) is 34.3. The molecule has 0 aromatic heterocycles. The lowest BCUT2D eigenvalue weighted by atomic mass is 10.3.